The van der Waals surface area contributed by atoms with Gasteiger partial charge in [0.25, 0.3) is 5.91 Å². The lowest BCUT2D eigenvalue weighted by molar-refractivity contribution is 0.0989. The van der Waals surface area contributed by atoms with E-state index < -0.39 is 0 Å². The molecule has 1 aliphatic heterocycles. The number of nitrogens with zero attached hydrogens (tertiary/aromatic N) is 2. The molecule has 0 aromatic heterocycles. The maximum absolute atomic E-state index is 13.2. The fourth-order valence-corrected chi connectivity index (χ4v) is 2.64. The number of hydrogen-bond acceptors (Lipinski definition) is 2. The number of anilines is 2. The SMILES string of the molecule is CN(C)c1ccc(C(=O)N2CCc3cc(F)ccc32)cc1. The van der Waals surface area contributed by atoms with Crippen LogP contribution in [0.3, 0.4) is 0 Å². The third kappa shape index (κ3) is 2.49. The second-order valence-corrected chi connectivity index (χ2v) is 5.42. The van der Waals surface area contributed by atoms with E-state index in [0.717, 1.165) is 16.9 Å². The third-order valence-corrected chi connectivity index (χ3v) is 3.81. The highest BCUT2D eigenvalue weighted by Gasteiger charge is 2.25. The highest BCUT2D eigenvalue weighted by atomic mass is 19.1. The Morgan fingerprint density at radius 2 is 1.86 bits per heavy atom. The molecule has 108 valence electrons. The molecule has 0 radical (unpaired) electrons. The van der Waals surface area contributed by atoms with Crippen LogP contribution in [0.1, 0.15) is 15.9 Å². The monoisotopic (exact) mass is 284 g/mol. The molecule has 1 heterocycles. The van der Waals surface area contributed by atoms with Crippen molar-refractivity contribution in [1.82, 2.24) is 0 Å². The average molecular weight is 284 g/mol. The predicted molar refractivity (Wildman–Crippen MR) is 82.5 cm³/mol. The van der Waals surface area contributed by atoms with Gasteiger partial charge in [0.1, 0.15) is 5.82 Å². The van der Waals surface area contributed by atoms with Crippen LogP contribution in [-0.4, -0.2) is 26.5 Å². The minimum Gasteiger partial charge on any atom is -0.378 e. The van der Waals surface area contributed by atoms with Gasteiger partial charge in [0.05, 0.1) is 0 Å². The molecule has 1 amide bonds. The maximum atomic E-state index is 13.2. The van der Waals surface area contributed by atoms with Gasteiger partial charge in [-0.25, -0.2) is 4.39 Å². The quantitative estimate of drug-likeness (QED) is 0.846. The number of hydrogen-bond donors (Lipinski definition) is 0. The first-order valence-electron chi connectivity index (χ1n) is 6.94. The van der Waals surface area contributed by atoms with Crippen LogP contribution in [0.4, 0.5) is 15.8 Å². The average Bonchev–Trinajstić information content (AvgIpc) is 2.89. The number of amides is 1. The van der Waals surface area contributed by atoms with Gasteiger partial charge in [0.2, 0.25) is 0 Å². The van der Waals surface area contributed by atoms with Gasteiger partial charge in [-0.2, -0.15) is 0 Å². The van der Waals surface area contributed by atoms with Crippen LogP contribution in [0.15, 0.2) is 42.5 Å². The molecule has 1 aliphatic rings. The molecule has 0 unspecified atom stereocenters. The first kappa shape index (κ1) is 13.6. The minimum atomic E-state index is -0.251. The molecule has 0 saturated carbocycles. The van der Waals surface area contributed by atoms with E-state index in [1.54, 1.807) is 11.0 Å². The molecular formula is C17H17FN2O. The lowest BCUT2D eigenvalue weighted by Gasteiger charge is -2.18. The van der Waals surface area contributed by atoms with Crippen molar-refractivity contribution in [3.63, 3.8) is 0 Å². The van der Waals surface area contributed by atoms with Gasteiger partial charge in [0.15, 0.2) is 0 Å². The summed E-state index contributed by atoms with van der Waals surface area (Å²) in [5.41, 5.74) is 3.42. The standard InChI is InChI=1S/C17H17FN2O/c1-19(2)15-6-3-12(4-7-15)17(21)20-10-9-13-11-14(18)5-8-16(13)20/h3-8,11H,9-10H2,1-2H3. The summed E-state index contributed by atoms with van der Waals surface area (Å²) < 4.78 is 13.2. The summed E-state index contributed by atoms with van der Waals surface area (Å²) in [4.78, 5) is 16.3. The van der Waals surface area contributed by atoms with Gasteiger partial charge >= 0.3 is 0 Å². The molecule has 3 rings (SSSR count). The molecule has 0 bridgehead atoms. The molecule has 0 aliphatic carbocycles. The Labute approximate surface area is 123 Å². The first-order chi connectivity index (χ1) is 10.1. The smallest absolute Gasteiger partial charge is 0.258 e. The number of carbonyl (C=O) groups is 1. The molecule has 0 saturated heterocycles. The van der Waals surface area contributed by atoms with Crippen molar-refractivity contribution in [3.05, 3.63) is 59.4 Å². The van der Waals surface area contributed by atoms with Gasteiger partial charge in [0, 0.05) is 37.6 Å². The van der Waals surface area contributed by atoms with Gasteiger partial charge in [-0.15, -0.1) is 0 Å². The minimum absolute atomic E-state index is 0.0364. The van der Waals surface area contributed by atoms with E-state index in [4.69, 9.17) is 0 Å². The highest BCUT2D eigenvalue weighted by molar-refractivity contribution is 6.07. The van der Waals surface area contributed by atoms with Gasteiger partial charge in [-0.3, -0.25) is 4.79 Å². The van der Waals surface area contributed by atoms with Crippen LogP contribution in [-0.2, 0) is 6.42 Å². The zero-order valence-corrected chi connectivity index (χ0v) is 12.1. The summed E-state index contributed by atoms with van der Waals surface area (Å²) in [6, 6.07) is 12.1. The van der Waals surface area contributed by atoms with Crippen molar-refractivity contribution in [1.29, 1.82) is 0 Å². The Kier molecular flexibility index (Phi) is 3.37. The van der Waals surface area contributed by atoms with E-state index in [2.05, 4.69) is 0 Å². The zero-order chi connectivity index (χ0) is 15.0. The Balaban J connectivity index is 1.87. The molecule has 0 fully saturated rings. The largest absolute Gasteiger partial charge is 0.378 e. The van der Waals surface area contributed by atoms with Crippen molar-refractivity contribution in [2.45, 2.75) is 6.42 Å². The van der Waals surface area contributed by atoms with E-state index in [-0.39, 0.29) is 11.7 Å². The molecule has 0 atom stereocenters. The molecule has 0 spiro atoms. The van der Waals surface area contributed by atoms with Crippen molar-refractivity contribution < 1.29 is 9.18 Å². The summed E-state index contributed by atoms with van der Waals surface area (Å²) in [5, 5.41) is 0. The second kappa shape index (κ2) is 5.20. The van der Waals surface area contributed by atoms with Crippen molar-refractivity contribution in [3.8, 4) is 0 Å². The van der Waals surface area contributed by atoms with E-state index in [0.29, 0.717) is 18.5 Å². The predicted octanol–water partition coefficient (Wildman–Crippen LogP) is 3.09. The first-order valence-corrected chi connectivity index (χ1v) is 6.94. The van der Waals surface area contributed by atoms with E-state index in [1.807, 2.05) is 43.3 Å². The zero-order valence-electron chi connectivity index (χ0n) is 12.1. The molecule has 3 nitrogen and oxygen atoms in total. The summed E-state index contributed by atoms with van der Waals surface area (Å²) in [7, 11) is 3.92. The number of halogens is 1. The number of fused-ring (bicyclic) bond motifs is 1. The molecule has 2 aromatic rings. The van der Waals surface area contributed by atoms with Crippen molar-refractivity contribution in [2.24, 2.45) is 0 Å². The van der Waals surface area contributed by atoms with Crippen molar-refractivity contribution >= 4 is 17.3 Å². The molecular weight excluding hydrogens is 267 g/mol. The van der Waals surface area contributed by atoms with Gasteiger partial charge < -0.3 is 9.80 Å². The van der Waals surface area contributed by atoms with Crippen LogP contribution in [0, 0.1) is 5.82 Å². The van der Waals surface area contributed by atoms with E-state index >= 15 is 0 Å². The van der Waals surface area contributed by atoms with E-state index in [9.17, 15) is 9.18 Å². The number of rotatable bonds is 2. The van der Waals surface area contributed by atoms with Crippen molar-refractivity contribution in [2.75, 3.05) is 30.4 Å². The normalized spacial score (nSPS) is 13.2. The molecule has 4 heteroatoms. The summed E-state index contributed by atoms with van der Waals surface area (Å²) >= 11 is 0. The second-order valence-electron chi connectivity index (χ2n) is 5.42. The molecule has 21 heavy (non-hydrogen) atoms. The van der Waals surface area contributed by atoms with Crippen LogP contribution >= 0.6 is 0 Å². The van der Waals surface area contributed by atoms with Crippen LogP contribution in [0.2, 0.25) is 0 Å². The van der Waals surface area contributed by atoms with Gasteiger partial charge in [-0.1, -0.05) is 0 Å². The lowest BCUT2D eigenvalue weighted by atomic mass is 10.1. The summed E-state index contributed by atoms with van der Waals surface area (Å²) in [5.74, 6) is -0.288. The molecule has 0 N–H and O–H groups in total. The summed E-state index contributed by atoms with van der Waals surface area (Å²) in [6.07, 6.45) is 0.703. The Hall–Kier alpha value is -2.36. The van der Waals surface area contributed by atoms with E-state index in [1.165, 1.54) is 12.1 Å². The Morgan fingerprint density at radius 1 is 1.14 bits per heavy atom. The third-order valence-electron chi connectivity index (χ3n) is 3.81. The number of benzene rings is 2. The van der Waals surface area contributed by atoms with Crippen LogP contribution in [0.5, 0.6) is 0 Å². The highest BCUT2D eigenvalue weighted by Crippen LogP contribution is 2.30. The van der Waals surface area contributed by atoms with Gasteiger partial charge in [-0.05, 0) is 54.4 Å². The maximum Gasteiger partial charge on any atom is 0.258 e. The molecule has 2 aromatic carbocycles. The lowest BCUT2D eigenvalue weighted by Crippen LogP contribution is -2.28. The Morgan fingerprint density at radius 3 is 2.52 bits per heavy atom. The fourth-order valence-electron chi connectivity index (χ4n) is 2.64. The van der Waals surface area contributed by atoms with Crippen LogP contribution < -0.4 is 9.80 Å². The Bertz CT molecular complexity index is 680. The van der Waals surface area contributed by atoms with Crippen LogP contribution in [0.25, 0.3) is 0 Å². The summed E-state index contributed by atoms with van der Waals surface area (Å²) in [6.45, 7) is 0.604. The number of carbonyl (C=O) groups excluding carboxylic acids is 1. The topological polar surface area (TPSA) is 23.6 Å². The fraction of sp³-hybridized carbons (Fsp3) is 0.235.